The number of nitrogens with one attached hydrogen (secondary N) is 1. The van der Waals surface area contributed by atoms with Crippen LogP contribution in [-0.4, -0.2) is 17.0 Å². The SMILES string of the molecule is CC(NC(=O)CC(C)(C)CC(=O)O)c1cccs1. The van der Waals surface area contributed by atoms with E-state index in [4.69, 9.17) is 5.11 Å². The fourth-order valence-corrected chi connectivity index (χ4v) is 2.54. The van der Waals surface area contributed by atoms with Gasteiger partial charge in [-0.1, -0.05) is 19.9 Å². The summed E-state index contributed by atoms with van der Waals surface area (Å²) in [6.45, 7) is 5.50. The van der Waals surface area contributed by atoms with E-state index in [-0.39, 0.29) is 24.8 Å². The molecule has 1 heterocycles. The van der Waals surface area contributed by atoms with Crippen LogP contribution in [-0.2, 0) is 9.59 Å². The second-order valence-corrected chi connectivity index (χ2v) is 6.20. The van der Waals surface area contributed by atoms with Gasteiger partial charge in [-0.25, -0.2) is 0 Å². The normalized spacial score (nSPS) is 13.1. The second kappa shape index (κ2) is 6.00. The first-order chi connectivity index (χ1) is 8.30. The number of amides is 1. The monoisotopic (exact) mass is 269 g/mol. The average Bonchev–Trinajstić information content (AvgIpc) is 2.65. The number of carbonyl (C=O) groups is 2. The zero-order valence-corrected chi connectivity index (χ0v) is 11.7. The Morgan fingerprint density at radius 3 is 2.61 bits per heavy atom. The van der Waals surface area contributed by atoms with Crippen molar-refractivity contribution in [3.63, 3.8) is 0 Å². The van der Waals surface area contributed by atoms with E-state index in [1.807, 2.05) is 24.4 Å². The van der Waals surface area contributed by atoms with Crippen LogP contribution in [0.25, 0.3) is 0 Å². The topological polar surface area (TPSA) is 66.4 Å². The van der Waals surface area contributed by atoms with Gasteiger partial charge in [-0.2, -0.15) is 0 Å². The average molecular weight is 269 g/mol. The number of carboxylic acids is 1. The van der Waals surface area contributed by atoms with E-state index >= 15 is 0 Å². The lowest BCUT2D eigenvalue weighted by Crippen LogP contribution is -2.31. The molecule has 1 unspecified atom stereocenters. The number of aliphatic carboxylic acids is 1. The van der Waals surface area contributed by atoms with Gasteiger partial charge in [0, 0.05) is 11.3 Å². The predicted octanol–water partition coefficient (Wildman–Crippen LogP) is 2.82. The summed E-state index contributed by atoms with van der Waals surface area (Å²) in [6.07, 6.45) is 0.211. The van der Waals surface area contributed by atoms with E-state index in [0.29, 0.717) is 0 Å². The van der Waals surface area contributed by atoms with Gasteiger partial charge in [0.1, 0.15) is 0 Å². The summed E-state index contributed by atoms with van der Waals surface area (Å²) in [6, 6.07) is 3.88. The van der Waals surface area contributed by atoms with Crippen LogP contribution in [0.1, 0.15) is 44.5 Å². The van der Waals surface area contributed by atoms with E-state index in [1.165, 1.54) is 0 Å². The van der Waals surface area contributed by atoms with E-state index in [1.54, 1.807) is 25.2 Å². The molecule has 0 fully saturated rings. The maximum atomic E-state index is 11.8. The molecule has 1 amide bonds. The zero-order chi connectivity index (χ0) is 13.8. The fourth-order valence-electron chi connectivity index (χ4n) is 1.81. The van der Waals surface area contributed by atoms with Gasteiger partial charge in [-0.15, -0.1) is 11.3 Å². The highest BCUT2D eigenvalue weighted by Gasteiger charge is 2.25. The molecule has 0 aromatic carbocycles. The Hall–Kier alpha value is -1.36. The predicted molar refractivity (Wildman–Crippen MR) is 71.5 cm³/mol. The smallest absolute Gasteiger partial charge is 0.303 e. The number of rotatable bonds is 6. The van der Waals surface area contributed by atoms with Crippen molar-refractivity contribution < 1.29 is 14.7 Å². The molecule has 1 aromatic heterocycles. The molecule has 1 rings (SSSR count). The molecule has 0 saturated carbocycles. The van der Waals surface area contributed by atoms with Crippen molar-refractivity contribution in [1.82, 2.24) is 5.32 Å². The highest BCUT2D eigenvalue weighted by molar-refractivity contribution is 7.10. The van der Waals surface area contributed by atoms with E-state index in [2.05, 4.69) is 5.32 Å². The molecule has 0 aliphatic carbocycles. The van der Waals surface area contributed by atoms with Crippen molar-refractivity contribution in [2.24, 2.45) is 5.41 Å². The van der Waals surface area contributed by atoms with Crippen LogP contribution >= 0.6 is 11.3 Å². The summed E-state index contributed by atoms with van der Waals surface area (Å²) >= 11 is 1.59. The van der Waals surface area contributed by atoms with E-state index in [0.717, 1.165) is 4.88 Å². The molecule has 2 N–H and O–H groups in total. The van der Waals surface area contributed by atoms with Crippen molar-refractivity contribution in [2.75, 3.05) is 0 Å². The first-order valence-electron chi connectivity index (χ1n) is 5.85. The van der Waals surface area contributed by atoms with Gasteiger partial charge in [-0.05, 0) is 23.8 Å². The molecule has 0 aliphatic rings. The number of hydrogen-bond donors (Lipinski definition) is 2. The second-order valence-electron chi connectivity index (χ2n) is 5.22. The van der Waals surface area contributed by atoms with Crippen molar-refractivity contribution in [2.45, 2.75) is 39.7 Å². The minimum absolute atomic E-state index is 0.00615. The van der Waals surface area contributed by atoms with Crippen molar-refractivity contribution in [1.29, 1.82) is 0 Å². The largest absolute Gasteiger partial charge is 0.481 e. The van der Waals surface area contributed by atoms with Crippen LogP contribution in [0.5, 0.6) is 0 Å². The molecule has 1 aromatic rings. The third-order valence-corrected chi connectivity index (χ3v) is 3.67. The number of hydrogen-bond acceptors (Lipinski definition) is 3. The Morgan fingerprint density at radius 2 is 2.11 bits per heavy atom. The van der Waals surface area contributed by atoms with Crippen molar-refractivity contribution >= 4 is 23.2 Å². The Morgan fingerprint density at radius 1 is 1.44 bits per heavy atom. The minimum atomic E-state index is -0.876. The molecular formula is C13H19NO3S. The molecule has 0 saturated heterocycles. The molecule has 0 bridgehead atoms. The van der Waals surface area contributed by atoms with E-state index in [9.17, 15) is 9.59 Å². The third kappa shape index (κ3) is 4.87. The van der Waals surface area contributed by atoms with E-state index < -0.39 is 11.4 Å². The Bertz CT molecular complexity index is 412. The van der Waals surface area contributed by atoms with Crippen molar-refractivity contribution in [3.05, 3.63) is 22.4 Å². The summed E-state index contributed by atoms with van der Waals surface area (Å²) in [4.78, 5) is 23.6. The van der Waals surface area contributed by atoms with Gasteiger partial charge >= 0.3 is 5.97 Å². The Balaban J connectivity index is 2.49. The summed E-state index contributed by atoms with van der Waals surface area (Å²) < 4.78 is 0. The molecule has 4 nitrogen and oxygen atoms in total. The molecule has 0 radical (unpaired) electrons. The molecule has 5 heteroatoms. The molecule has 100 valence electrons. The number of carboxylic acid groups (broad SMARTS) is 1. The molecule has 18 heavy (non-hydrogen) atoms. The first-order valence-corrected chi connectivity index (χ1v) is 6.73. The quantitative estimate of drug-likeness (QED) is 0.834. The Kier molecular flexibility index (Phi) is 4.90. The van der Waals surface area contributed by atoms with Crippen molar-refractivity contribution in [3.8, 4) is 0 Å². The van der Waals surface area contributed by atoms with Gasteiger partial charge < -0.3 is 10.4 Å². The van der Waals surface area contributed by atoms with Gasteiger partial charge in [0.2, 0.25) is 5.91 Å². The summed E-state index contributed by atoms with van der Waals surface area (Å²) in [7, 11) is 0. The summed E-state index contributed by atoms with van der Waals surface area (Å²) in [5.41, 5.74) is -0.523. The highest BCUT2D eigenvalue weighted by Crippen LogP contribution is 2.26. The molecular weight excluding hydrogens is 250 g/mol. The lowest BCUT2D eigenvalue weighted by atomic mass is 9.85. The third-order valence-electron chi connectivity index (χ3n) is 2.62. The van der Waals surface area contributed by atoms with Crippen LogP contribution in [0.2, 0.25) is 0 Å². The van der Waals surface area contributed by atoms with Crippen LogP contribution in [0.3, 0.4) is 0 Å². The number of carbonyl (C=O) groups excluding carboxylic acids is 1. The van der Waals surface area contributed by atoms with Gasteiger partial charge in [0.05, 0.1) is 12.5 Å². The standard InChI is InChI=1S/C13H19NO3S/c1-9(10-5-4-6-18-10)14-11(15)7-13(2,3)8-12(16)17/h4-6,9H,7-8H2,1-3H3,(H,14,15)(H,16,17). The van der Waals surface area contributed by atoms with Crippen LogP contribution < -0.4 is 5.32 Å². The van der Waals surface area contributed by atoms with Crippen LogP contribution in [0.4, 0.5) is 0 Å². The first kappa shape index (κ1) is 14.7. The molecule has 0 aliphatic heterocycles. The maximum absolute atomic E-state index is 11.8. The Labute approximate surface area is 111 Å². The van der Waals surface area contributed by atoms with Gasteiger partial charge in [0.15, 0.2) is 0 Å². The zero-order valence-electron chi connectivity index (χ0n) is 10.9. The van der Waals surface area contributed by atoms with Gasteiger partial charge in [0.25, 0.3) is 0 Å². The summed E-state index contributed by atoms with van der Waals surface area (Å²) in [5.74, 6) is -0.985. The summed E-state index contributed by atoms with van der Waals surface area (Å²) in [5, 5.41) is 13.6. The number of thiophene rings is 1. The lowest BCUT2D eigenvalue weighted by molar-refractivity contribution is -0.139. The van der Waals surface area contributed by atoms with Gasteiger partial charge in [-0.3, -0.25) is 9.59 Å². The fraction of sp³-hybridized carbons (Fsp3) is 0.538. The molecule has 0 spiro atoms. The lowest BCUT2D eigenvalue weighted by Gasteiger charge is -2.22. The maximum Gasteiger partial charge on any atom is 0.303 e. The minimum Gasteiger partial charge on any atom is -0.481 e. The molecule has 1 atom stereocenters. The van der Waals surface area contributed by atoms with Crippen LogP contribution in [0, 0.1) is 5.41 Å². The highest BCUT2D eigenvalue weighted by atomic mass is 32.1. The van der Waals surface area contributed by atoms with Crippen LogP contribution in [0.15, 0.2) is 17.5 Å².